The topological polar surface area (TPSA) is 6.48 Å². The van der Waals surface area contributed by atoms with E-state index in [2.05, 4.69) is 16.7 Å². The molecule has 2 nitrogen and oxygen atoms in total. The molecule has 0 bridgehead atoms. The minimum atomic E-state index is 0.874. The van der Waals surface area contributed by atoms with E-state index in [1.165, 1.54) is 90.5 Å². The molecule has 18 heavy (non-hydrogen) atoms. The second-order valence-electron chi connectivity index (χ2n) is 6.25. The van der Waals surface area contributed by atoms with Crippen LogP contribution in [0.5, 0.6) is 0 Å². The molecule has 1 atom stereocenters. The molecule has 2 aliphatic rings. The number of piperidine rings is 1. The maximum Gasteiger partial charge on any atom is 0.0223 e. The molecule has 2 fully saturated rings. The van der Waals surface area contributed by atoms with Crippen molar-refractivity contribution in [2.24, 2.45) is 0 Å². The van der Waals surface area contributed by atoms with Crippen LogP contribution in [0, 0.1) is 0 Å². The predicted octanol–water partition coefficient (Wildman–Crippen LogP) is 3.52. The summed E-state index contributed by atoms with van der Waals surface area (Å²) in [6, 6.07) is 0.874. The summed E-state index contributed by atoms with van der Waals surface area (Å²) in [5.41, 5.74) is 0. The zero-order valence-electron chi connectivity index (χ0n) is 12.4. The van der Waals surface area contributed by atoms with Gasteiger partial charge in [0, 0.05) is 12.6 Å². The summed E-state index contributed by atoms with van der Waals surface area (Å²) in [6.45, 7) is 9.09. The Kier molecular flexibility index (Phi) is 6.50. The summed E-state index contributed by atoms with van der Waals surface area (Å²) >= 11 is 0. The van der Waals surface area contributed by atoms with Gasteiger partial charge in [-0.05, 0) is 58.3 Å². The molecule has 0 aromatic rings. The van der Waals surface area contributed by atoms with Crippen LogP contribution in [-0.2, 0) is 0 Å². The molecule has 2 saturated heterocycles. The lowest BCUT2D eigenvalue weighted by atomic mass is 10.0. The molecule has 2 aliphatic heterocycles. The van der Waals surface area contributed by atoms with Gasteiger partial charge in [0.05, 0.1) is 0 Å². The molecule has 2 heterocycles. The van der Waals surface area contributed by atoms with Gasteiger partial charge in [0.2, 0.25) is 0 Å². The number of rotatable bonds is 5. The smallest absolute Gasteiger partial charge is 0.0223 e. The average Bonchev–Trinajstić information content (AvgIpc) is 2.68. The summed E-state index contributed by atoms with van der Waals surface area (Å²) in [7, 11) is 0. The van der Waals surface area contributed by atoms with Crippen LogP contribution in [0.3, 0.4) is 0 Å². The molecule has 2 rings (SSSR count). The van der Waals surface area contributed by atoms with Crippen LogP contribution in [0.15, 0.2) is 0 Å². The van der Waals surface area contributed by atoms with Crippen LogP contribution in [0.25, 0.3) is 0 Å². The van der Waals surface area contributed by atoms with Crippen molar-refractivity contribution in [2.75, 3.05) is 32.7 Å². The Morgan fingerprint density at radius 1 is 0.889 bits per heavy atom. The van der Waals surface area contributed by atoms with Gasteiger partial charge in [-0.25, -0.2) is 0 Å². The highest BCUT2D eigenvalue weighted by Crippen LogP contribution is 2.20. The minimum Gasteiger partial charge on any atom is -0.302 e. The van der Waals surface area contributed by atoms with E-state index in [0.29, 0.717) is 0 Å². The zero-order valence-corrected chi connectivity index (χ0v) is 12.4. The van der Waals surface area contributed by atoms with Gasteiger partial charge in [-0.15, -0.1) is 0 Å². The van der Waals surface area contributed by atoms with E-state index in [1.807, 2.05) is 0 Å². The monoisotopic (exact) mass is 252 g/mol. The molecule has 0 radical (unpaired) electrons. The van der Waals surface area contributed by atoms with Gasteiger partial charge in [-0.2, -0.15) is 0 Å². The SMILES string of the molecule is CCCCCN1CCCC(N2CCCCCC2)C1. The second-order valence-corrected chi connectivity index (χ2v) is 6.25. The molecule has 0 N–H and O–H groups in total. The van der Waals surface area contributed by atoms with Crippen LogP contribution in [-0.4, -0.2) is 48.6 Å². The Labute approximate surface area is 114 Å². The first-order valence-corrected chi connectivity index (χ1v) is 8.36. The van der Waals surface area contributed by atoms with Gasteiger partial charge in [0.25, 0.3) is 0 Å². The van der Waals surface area contributed by atoms with Crippen molar-refractivity contribution in [3.8, 4) is 0 Å². The molecule has 0 aromatic heterocycles. The third-order valence-corrected chi connectivity index (χ3v) is 4.72. The third kappa shape index (κ3) is 4.55. The van der Waals surface area contributed by atoms with Crippen molar-refractivity contribution >= 4 is 0 Å². The molecular weight excluding hydrogens is 220 g/mol. The highest BCUT2D eigenvalue weighted by molar-refractivity contribution is 4.81. The van der Waals surface area contributed by atoms with Crippen molar-refractivity contribution in [1.82, 2.24) is 9.80 Å². The summed E-state index contributed by atoms with van der Waals surface area (Å²) in [4.78, 5) is 5.54. The average molecular weight is 252 g/mol. The van der Waals surface area contributed by atoms with Crippen LogP contribution < -0.4 is 0 Å². The first-order valence-electron chi connectivity index (χ1n) is 8.36. The van der Waals surface area contributed by atoms with E-state index in [-0.39, 0.29) is 0 Å². The fourth-order valence-corrected chi connectivity index (χ4v) is 3.58. The van der Waals surface area contributed by atoms with E-state index in [0.717, 1.165) is 6.04 Å². The van der Waals surface area contributed by atoms with Crippen molar-refractivity contribution in [1.29, 1.82) is 0 Å². The Balaban J connectivity index is 1.74. The minimum absolute atomic E-state index is 0.874. The lowest BCUT2D eigenvalue weighted by Crippen LogP contribution is -2.48. The normalized spacial score (nSPS) is 28.2. The van der Waals surface area contributed by atoms with Crippen molar-refractivity contribution < 1.29 is 0 Å². The van der Waals surface area contributed by atoms with Crippen LogP contribution in [0.2, 0.25) is 0 Å². The molecule has 106 valence electrons. The van der Waals surface area contributed by atoms with Crippen molar-refractivity contribution in [3.63, 3.8) is 0 Å². The molecular formula is C16H32N2. The first-order chi connectivity index (χ1) is 8.90. The largest absolute Gasteiger partial charge is 0.302 e. The molecule has 0 aliphatic carbocycles. The van der Waals surface area contributed by atoms with Crippen LogP contribution in [0.4, 0.5) is 0 Å². The van der Waals surface area contributed by atoms with Gasteiger partial charge < -0.3 is 4.90 Å². The highest BCUT2D eigenvalue weighted by atomic mass is 15.2. The maximum absolute atomic E-state index is 2.80. The second kappa shape index (κ2) is 8.16. The van der Waals surface area contributed by atoms with Gasteiger partial charge in [-0.1, -0.05) is 32.6 Å². The molecule has 0 aromatic carbocycles. The van der Waals surface area contributed by atoms with Gasteiger partial charge in [0.1, 0.15) is 0 Å². The number of hydrogen-bond acceptors (Lipinski definition) is 2. The van der Waals surface area contributed by atoms with Gasteiger partial charge >= 0.3 is 0 Å². The summed E-state index contributed by atoms with van der Waals surface area (Å²) < 4.78 is 0. The van der Waals surface area contributed by atoms with Gasteiger partial charge in [-0.3, -0.25) is 4.90 Å². The molecule has 1 unspecified atom stereocenters. The molecule has 0 saturated carbocycles. The summed E-state index contributed by atoms with van der Waals surface area (Å²) in [6.07, 6.45) is 12.8. The molecule has 2 heteroatoms. The van der Waals surface area contributed by atoms with Crippen LogP contribution in [0.1, 0.15) is 64.7 Å². The lowest BCUT2D eigenvalue weighted by molar-refractivity contribution is 0.0987. The summed E-state index contributed by atoms with van der Waals surface area (Å²) in [5, 5.41) is 0. The van der Waals surface area contributed by atoms with Crippen molar-refractivity contribution in [3.05, 3.63) is 0 Å². The number of likely N-dealkylation sites (tertiary alicyclic amines) is 2. The standard InChI is InChI=1S/C16H32N2/c1-2-3-6-11-17-12-9-10-16(15-17)18-13-7-4-5-8-14-18/h16H,2-15H2,1H3. The number of hydrogen-bond donors (Lipinski definition) is 0. The third-order valence-electron chi connectivity index (χ3n) is 4.72. The Bertz CT molecular complexity index is 209. The maximum atomic E-state index is 2.80. The fourth-order valence-electron chi connectivity index (χ4n) is 3.58. The van der Waals surface area contributed by atoms with Crippen molar-refractivity contribution in [2.45, 2.75) is 70.8 Å². The molecule has 0 spiro atoms. The van der Waals surface area contributed by atoms with Gasteiger partial charge in [0.15, 0.2) is 0 Å². The quantitative estimate of drug-likeness (QED) is 0.691. The van der Waals surface area contributed by atoms with Crippen LogP contribution >= 0.6 is 0 Å². The Morgan fingerprint density at radius 3 is 2.39 bits per heavy atom. The predicted molar refractivity (Wildman–Crippen MR) is 79.0 cm³/mol. The lowest BCUT2D eigenvalue weighted by Gasteiger charge is -2.39. The van der Waals surface area contributed by atoms with E-state index >= 15 is 0 Å². The Morgan fingerprint density at radius 2 is 1.67 bits per heavy atom. The van der Waals surface area contributed by atoms with E-state index in [4.69, 9.17) is 0 Å². The first kappa shape index (κ1) is 14.3. The summed E-state index contributed by atoms with van der Waals surface area (Å²) in [5.74, 6) is 0. The van der Waals surface area contributed by atoms with E-state index in [1.54, 1.807) is 0 Å². The van der Waals surface area contributed by atoms with E-state index in [9.17, 15) is 0 Å². The molecule has 0 amide bonds. The highest BCUT2D eigenvalue weighted by Gasteiger charge is 2.25. The zero-order chi connectivity index (χ0) is 12.6. The Hall–Kier alpha value is -0.0800. The fraction of sp³-hybridized carbons (Fsp3) is 1.00. The van der Waals surface area contributed by atoms with E-state index < -0.39 is 0 Å². The number of nitrogens with zero attached hydrogens (tertiary/aromatic N) is 2. The number of unbranched alkanes of at least 4 members (excludes halogenated alkanes) is 2.